The number of rotatable bonds is 5. The number of alkyl halides is 3. The number of hydrogen-bond acceptors (Lipinski definition) is 3. The molecule has 15 heavy (non-hydrogen) atoms. The molecule has 0 aliphatic carbocycles. The van der Waals surface area contributed by atoms with Gasteiger partial charge in [0.25, 0.3) is 0 Å². The third kappa shape index (κ3) is 5.12. The molecule has 0 atom stereocenters. The molecule has 0 saturated carbocycles. The van der Waals surface area contributed by atoms with Gasteiger partial charge in [-0.15, -0.1) is 0 Å². The van der Waals surface area contributed by atoms with Crippen LogP contribution in [0.25, 0.3) is 0 Å². The summed E-state index contributed by atoms with van der Waals surface area (Å²) in [5, 5.41) is 0. The average molecular weight is 250 g/mol. The Morgan fingerprint density at radius 1 is 1.40 bits per heavy atom. The van der Waals surface area contributed by atoms with Crippen LogP contribution in [-0.4, -0.2) is 20.5 Å². The van der Waals surface area contributed by atoms with E-state index in [2.05, 4.69) is 4.18 Å². The third-order valence-corrected chi connectivity index (χ3v) is 2.29. The number of hydrogen-bond donors (Lipinski definition) is 0. The second-order valence-electron chi connectivity index (χ2n) is 2.60. The zero-order valence-corrected chi connectivity index (χ0v) is 8.66. The molecule has 0 unspecified atom stereocenters. The standard InChI is InChI=1S/C7H10F4O3S/c1-2-3-4-6(8)5-14-15(12,13)7(9,10)11/h4H,2-3,5H2,1H3. The van der Waals surface area contributed by atoms with Crippen molar-refractivity contribution in [3.05, 3.63) is 11.9 Å². The summed E-state index contributed by atoms with van der Waals surface area (Å²) >= 11 is 0. The van der Waals surface area contributed by atoms with Crippen molar-refractivity contribution in [2.45, 2.75) is 25.3 Å². The topological polar surface area (TPSA) is 43.4 Å². The van der Waals surface area contributed by atoms with Crippen molar-refractivity contribution in [1.82, 2.24) is 0 Å². The van der Waals surface area contributed by atoms with E-state index in [0.717, 1.165) is 6.08 Å². The molecule has 0 spiro atoms. The third-order valence-electron chi connectivity index (χ3n) is 1.29. The van der Waals surface area contributed by atoms with Crippen LogP contribution in [0.15, 0.2) is 11.9 Å². The summed E-state index contributed by atoms with van der Waals surface area (Å²) in [6.07, 6.45) is 1.88. The molecule has 0 aromatic rings. The molecule has 0 fully saturated rings. The molecule has 0 aliphatic rings. The minimum absolute atomic E-state index is 0.307. The highest BCUT2D eigenvalue weighted by atomic mass is 32.2. The molecule has 0 saturated heterocycles. The fraction of sp³-hybridized carbons (Fsp3) is 0.714. The minimum Gasteiger partial charge on any atom is -0.256 e. The maximum Gasteiger partial charge on any atom is 0.523 e. The summed E-state index contributed by atoms with van der Waals surface area (Å²) in [7, 11) is -5.70. The van der Waals surface area contributed by atoms with Crippen LogP contribution >= 0.6 is 0 Å². The predicted molar refractivity (Wildman–Crippen MR) is 45.0 cm³/mol. The molecule has 90 valence electrons. The summed E-state index contributed by atoms with van der Waals surface area (Å²) in [4.78, 5) is 0. The van der Waals surface area contributed by atoms with Crippen LogP contribution in [0.2, 0.25) is 0 Å². The van der Waals surface area contributed by atoms with Crippen molar-refractivity contribution in [3.8, 4) is 0 Å². The first kappa shape index (κ1) is 14.4. The minimum atomic E-state index is -5.70. The SMILES string of the molecule is CCCC=C(F)COS(=O)(=O)C(F)(F)F. The Morgan fingerprint density at radius 3 is 2.33 bits per heavy atom. The molecule has 0 heterocycles. The van der Waals surface area contributed by atoms with Crippen molar-refractivity contribution < 1.29 is 30.2 Å². The van der Waals surface area contributed by atoms with Crippen LogP contribution in [0.4, 0.5) is 17.6 Å². The molecule has 0 aliphatic heterocycles. The lowest BCUT2D eigenvalue weighted by Crippen LogP contribution is -2.26. The van der Waals surface area contributed by atoms with Gasteiger partial charge in [0.15, 0.2) is 0 Å². The van der Waals surface area contributed by atoms with Crippen molar-refractivity contribution >= 4 is 10.1 Å². The van der Waals surface area contributed by atoms with Gasteiger partial charge < -0.3 is 0 Å². The molecule has 0 rings (SSSR count). The van der Waals surface area contributed by atoms with Gasteiger partial charge in [0, 0.05) is 0 Å². The summed E-state index contributed by atoms with van der Waals surface area (Å²) < 4.78 is 71.7. The number of unbranched alkanes of at least 4 members (excludes halogenated alkanes) is 1. The van der Waals surface area contributed by atoms with Crippen LogP contribution in [0.5, 0.6) is 0 Å². The predicted octanol–water partition coefficient (Wildman–Crippen LogP) is 2.51. The van der Waals surface area contributed by atoms with Crippen molar-refractivity contribution in [1.29, 1.82) is 0 Å². The van der Waals surface area contributed by atoms with E-state index in [0.29, 0.717) is 12.8 Å². The molecular weight excluding hydrogens is 240 g/mol. The summed E-state index contributed by atoms with van der Waals surface area (Å²) in [6.45, 7) is 0.513. The lowest BCUT2D eigenvalue weighted by Gasteiger charge is -2.06. The van der Waals surface area contributed by atoms with Crippen LogP contribution in [0, 0.1) is 0 Å². The van der Waals surface area contributed by atoms with Crippen molar-refractivity contribution in [3.63, 3.8) is 0 Å². The Balaban J connectivity index is 4.29. The van der Waals surface area contributed by atoms with Crippen LogP contribution < -0.4 is 0 Å². The lowest BCUT2D eigenvalue weighted by atomic mass is 10.3. The molecule has 0 aromatic heterocycles. The van der Waals surface area contributed by atoms with E-state index in [9.17, 15) is 26.0 Å². The van der Waals surface area contributed by atoms with E-state index < -0.39 is 28.1 Å². The Morgan fingerprint density at radius 2 is 1.93 bits per heavy atom. The van der Waals surface area contributed by atoms with Gasteiger partial charge in [-0.3, -0.25) is 4.18 Å². The first-order valence-corrected chi connectivity index (χ1v) is 5.41. The van der Waals surface area contributed by atoms with Crippen molar-refractivity contribution in [2.75, 3.05) is 6.61 Å². The van der Waals surface area contributed by atoms with Gasteiger partial charge in [-0.25, -0.2) is 4.39 Å². The maximum absolute atomic E-state index is 12.6. The second-order valence-corrected chi connectivity index (χ2v) is 4.21. The van der Waals surface area contributed by atoms with Gasteiger partial charge in [-0.1, -0.05) is 19.4 Å². The highest BCUT2D eigenvalue weighted by Crippen LogP contribution is 2.25. The zero-order valence-electron chi connectivity index (χ0n) is 7.84. The maximum atomic E-state index is 12.6. The number of halogens is 4. The summed E-state index contributed by atoms with van der Waals surface area (Å²) in [5.74, 6) is -1.04. The van der Waals surface area contributed by atoms with E-state index >= 15 is 0 Å². The Hall–Kier alpha value is -0.630. The Kier molecular flexibility index (Phi) is 5.22. The van der Waals surface area contributed by atoms with E-state index in [-0.39, 0.29) is 0 Å². The lowest BCUT2D eigenvalue weighted by molar-refractivity contribution is -0.0538. The normalized spacial score (nSPS) is 14.3. The second kappa shape index (κ2) is 5.45. The molecule has 0 radical (unpaired) electrons. The highest BCUT2D eigenvalue weighted by Gasteiger charge is 2.47. The van der Waals surface area contributed by atoms with E-state index in [1.807, 2.05) is 0 Å². The van der Waals surface area contributed by atoms with Crippen LogP contribution in [0.3, 0.4) is 0 Å². The first-order chi connectivity index (χ1) is 6.70. The Labute approximate surface area is 84.8 Å². The van der Waals surface area contributed by atoms with Gasteiger partial charge >= 0.3 is 15.6 Å². The largest absolute Gasteiger partial charge is 0.523 e. The molecule has 0 N–H and O–H groups in total. The van der Waals surface area contributed by atoms with Gasteiger partial charge in [0.1, 0.15) is 12.4 Å². The fourth-order valence-electron chi connectivity index (χ4n) is 0.561. The zero-order chi connectivity index (χ0) is 12.1. The molecule has 0 amide bonds. The average Bonchev–Trinajstić information content (AvgIpc) is 2.09. The van der Waals surface area contributed by atoms with Crippen LogP contribution in [0.1, 0.15) is 19.8 Å². The molecule has 3 nitrogen and oxygen atoms in total. The van der Waals surface area contributed by atoms with Gasteiger partial charge in [0.05, 0.1) is 0 Å². The van der Waals surface area contributed by atoms with E-state index in [1.54, 1.807) is 6.92 Å². The van der Waals surface area contributed by atoms with E-state index in [4.69, 9.17) is 0 Å². The quantitative estimate of drug-likeness (QED) is 0.428. The molecule has 0 aromatic carbocycles. The van der Waals surface area contributed by atoms with Gasteiger partial charge in [-0.05, 0) is 6.42 Å². The number of allylic oxidation sites excluding steroid dienone is 1. The molecule has 8 heteroatoms. The van der Waals surface area contributed by atoms with Crippen LogP contribution in [-0.2, 0) is 14.3 Å². The fourth-order valence-corrected chi connectivity index (χ4v) is 0.962. The molecular formula is C7H10F4O3S. The monoisotopic (exact) mass is 250 g/mol. The van der Waals surface area contributed by atoms with E-state index in [1.165, 1.54) is 0 Å². The molecule has 0 bridgehead atoms. The van der Waals surface area contributed by atoms with Gasteiger partial charge in [-0.2, -0.15) is 21.6 Å². The van der Waals surface area contributed by atoms with Crippen molar-refractivity contribution in [2.24, 2.45) is 0 Å². The Bertz CT molecular complexity index is 318. The summed E-state index contributed by atoms with van der Waals surface area (Å²) in [6, 6.07) is 0. The van der Waals surface area contributed by atoms with Gasteiger partial charge in [0.2, 0.25) is 0 Å². The first-order valence-electron chi connectivity index (χ1n) is 4.01. The highest BCUT2D eigenvalue weighted by molar-refractivity contribution is 7.87. The summed E-state index contributed by atoms with van der Waals surface area (Å²) in [5.41, 5.74) is -5.52. The smallest absolute Gasteiger partial charge is 0.256 e.